The Bertz CT molecular complexity index is 649. The van der Waals surface area contributed by atoms with Crippen LogP contribution in [0.4, 0.5) is 10.1 Å². The van der Waals surface area contributed by atoms with Crippen LogP contribution in [0.2, 0.25) is 5.02 Å². The van der Waals surface area contributed by atoms with Gasteiger partial charge in [0.05, 0.1) is 16.3 Å². The van der Waals surface area contributed by atoms with Crippen LogP contribution in [0.25, 0.3) is 0 Å². The summed E-state index contributed by atoms with van der Waals surface area (Å²) in [5, 5.41) is 8.66. The van der Waals surface area contributed by atoms with E-state index in [-0.39, 0.29) is 27.9 Å². The molecule has 0 aliphatic heterocycles. The molecular formula is C12H8ClFN2O3. The summed E-state index contributed by atoms with van der Waals surface area (Å²) in [6, 6.07) is 5.40. The highest BCUT2D eigenvalue weighted by molar-refractivity contribution is 6.30. The smallest absolute Gasteiger partial charge is 0.337 e. The molecule has 1 aromatic heterocycles. The topological polar surface area (TPSA) is 85.4 Å². The van der Waals surface area contributed by atoms with Crippen molar-refractivity contribution in [3.8, 4) is 11.6 Å². The first-order chi connectivity index (χ1) is 8.99. The number of ether oxygens (including phenoxy) is 1. The van der Waals surface area contributed by atoms with Crippen LogP contribution < -0.4 is 10.5 Å². The van der Waals surface area contributed by atoms with Gasteiger partial charge in [-0.05, 0) is 18.2 Å². The highest BCUT2D eigenvalue weighted by Gasteiger charge is 2.13. The number of nitrogens with zero attached hydrogens (tertiary/aromatic N) is 1. The predicted molar refractivity (Wildman–Crippen MR) is 67.1 cm³/mol. The van der Waals surface area contributed by atoms with Gasteiger partial charge in [0.2, 0.25) is 5.88 Å². The summed E-state index contributed by atoms with van der Waals surface area (Å²) in [6.07, 6.45) is 1.07. The Labute approximate surface area is 112 Å². The summed E-state index contributed by atoms with van der Waals surface area (Å²) >= 11 is 5.60. The number of anilines is 1. The molecule has 0 amide bonds. The summed E-state index contributed by atoms with van der Waals surface area (Å²) in [5.41, 5.74) is 5.49. The summed E-state index contributed by atoms with van der Waals surface area (Å²) in [4.78, 5) is 14.4. The molecule has 1 heterocycles. The quantitative estimate of drug-likeness (QED) is 0.904. The van der Waals surface area contributed by atoms with Crippen molar-refractivity contribution < 1.29 is 19.0 Å². The Morgan fingerprint density at radius 2 is 2.21 bits per heavy atom. The van der Waals surface area contributed by atoms with Gasteiger partial charge in [0.1, 0.15) is 0 Å². The zero-order chi connectivity index (χ0) is 14.0. The molecule has 0 atom stereocenters. The molecule has 5 nitrogen and oxygen atoms in total. The molecule has 0 saturated carbocycles. The van der Waals surface area contributed by atoms with Crippen molar-refractivity contribution >= 4 is 23.3 Å². The third-order valence-corrected chi connectivity index (χ3v) is 2.54. The molecule has 2 aromatic rings. The molecule has 19 heavy (non-hydrogen) atoms. The SMILES string of the molecule is Nc1cc(C(=O)O)cnc1Oc1cccc(Cl)c1F. The molecule has 0 bridgehead atoms. The third-order valence-electron chi connectivity index (χ3n) is 2.25. The second kappa shape index (κ2) is 5.11. The van der Waals surface area contributed by atoms with E-state index in [1.165, 1.54) is 24.3 Å². The van der Waals surface area contributed by atoms with Gasteiger partial charge in [0, 0.05) is 6.20 Å². The Morgan fingerprint density at radius 1 is 1.47 bits per heavy atom. The van der Waals surface area contributed by atoms with Crippen LogP contribution in [0.1, 0.15) is 10.4 Å². The average Bonchev–Trinajstić information content (AvgIpc) is 2.37. The minimum absolute atomic E-state index is 0.0146. The number of nitrogen functional groups attached to an aromatic ring is 1. The van der Waals surface area contributed by atoms with Gasteiger partial charge in [-0.3, -0.25) is 0 Å². The molecule has 0 saturated heterocycles. The van der Waals surface area contributed by atoms with E-state index >= 15 is 0 Å². The number of pyridine rings is 1. The maximum Gasteiger partial charge on any atom is 0.337 e. The first-order valence-corrected chi connectivity index (χ1v) is 5.47. The fourth-order valence-electron chi connectivity index (χ4n) is 1.34. The number of carbonyl (C=O) groups is 1. The van der Waals surface area contributed by atoms with Crippen molar-refractivity contribution in [1.29, 1.82) is 0 Å². The summed E-state index contributed by atoms with van der Waals surface area (Å²) in [5.74, 6) is -2.15. The lowest BCUT2D eigenvalue weighted by Gasteiger charge is -2.09. The van der Waals surface area contributed by atoms with Crippen LogP contribution in [0.15, 0.2) is 30.5 Å². The van der Waals surface area contributed by atoms with Gasteiger partial charge in [0.15, 0.2) is 11.6 Å². The number of benzene rings is 1. The van der Waals surface area contributed by atoms with Gasteiger partial charge < -0.3 is 15.6 Å². The van der Waals surface area contributed by atoms with Crippen LogP contribution in [0.5, 0.6) is 11.6 Å². The Kier molecular flexibility index (Phi) is 3.52. The molecule has 3 N–H and O–H groups in total. The van der Waals surface area contributed by atoms with Crippen molar-refractivity contribution in [3.05, 3.63) is 46.9 Å². The number of rotatable bonds is 3. The highest BCUT2D eigenvalue weighted by atomic mass is 35.5. The summed E-state index contributed by atoms with van der Waals surface area (Å²) in [7, 11) is 0. The Hall–Kier alpha value is -2.34. The van der Waals surface area contributed by atoms with E-state index in [0.29, 0.717) is 0 Å². The molecule has 0 fully saturated rings. The lowest BCUT2D eigenvalue weighted by molar-refractivity contribution is 0.0696. The summed E-state index contributed by atoms with van der Waals surface area (Å²) in [6.45, 7) is 0. The number of aromatic carboxylic acids is 1. The van der Waals surface area contributed by atoms with E-state index in [1.807, 2.05) is 0 Å². The number of nitrogens with two attached hydrogens (primary N) is 1. The maximum atomic E-state index is 13.6. The van der Waals surface area contributed by atoms with Crippen molar-refractivity contribution in [1.82, 2.24) is 4.98 Å². The highest BCUT2D eigenvalue weighted by Crippen LogP contribution is 2.30. The molecule has 2 rings (SSSR count). The van der Waals surface area contributed by atoms with Crippen LogP contribution in [0, 0.1) is 5.82 Å². The first kappa shape index (κ1) is 13.1. The number of aromatic nitrogens is 1. The summed E-state index contributed by atoms with van der Waals surface area (Å²) < 4.78 is 18.8. The van der Waals surface area contributed by atoms with Gasteiger partial charge in [-0.25, -0.2) is 14.2 Å². The Balaban J connectivity index is 2.34. The van der Waals surface area contributed by atoms with Crippen LogP contribution >= 0.6 is 11.6 Å². The lowest BCUT2D eigenvalue weighted by Crippen LogP contribution is -2.02. The first-order valence-electron chi connectivity index (χ1n) is 5.09. The standard InChI is InChI=1S/C12H8ClFN2O3/c13-7-2-1-3-9(10(7)14)19-11-8(15)4-6(5-16-11)12(17)18/h1-5H,15H2,(H,17,18). The number of carboxylic acid groups (broad SMARTS) is 1. The number of hydrogen-bond acceptors (Lipinski definition) is 4. The fraction of sp³-hybridized carbons (Fsp3) is 0. The second-order valence-corrected chi connectivity index (χ2v) is 3.98. The predicted octanol–water partition coefficient (Wildman–Crippen LogP) is 2.95. The molecule has 98 valence electrons. The van der Waals surface area contributed by atoms with Crippen LogP contribution in [-0.2, 0) is 0 Å². The molecule has 0 aliphatic rings. The zero-order valence-electron chi connectivity index (χ0n) is 9.43. The number of hydrogen-bond donors (Lipinski definition) is 2. The van der Waals surface area contributed by atoms with Crippen molar-refractivity contribution in [3.63, 3.8) is 0 Å². The molecular weight excluding hydrogens is 275 g/mol. The van der Waals surface area contributed by atoms with Crippen LogP contribution in [0.3, 0.4) is 0 Å². The number of carboxylic acids is 1. The molecule has 1 aromatic carbocycles. The fourth-order valence-corrected chi connectivity index (χ4v) is 1.50. The normalized spacial score (nSPS) is 10.2. The molecule has 0 unspecified atom stereocenters. The van der Waals surface area contributed by atoms with E-state index in [9.17, 15) is 9.18 Å². The minimum atomic E-state index is -1.17. The lowest BCUT2D eigenvalue weighted by atomic mass is 10.2. The van der Waals surface area contributed by atoms with E-state index in [2.05, 4.69) is 4.98 Å². The van der Waals surface area contributed by atoms with Gasteiger partial charge >= 0.3 is 5.97 Å². The zero-order valence-corrected chi connectivity index (χ0v) is 10.2. The molecule has 0 aliphatic carbocycles. The van der Waals surface area contributed by atoms with Gasteiger partial charge in [0.25, 0.3) is 0 Å². The van der Waals surface area contributed by atoms with Gasteiger partial charge in [-0.2, -0.15) is 0 Å². The monoisotopic (exact) mass is 282 g/mol. The molecule has 0 radical (unpaired) electrons. The van der Waals surface area contributed by atoms with E-state index in [4.69, 9.17) is 27.2 Å². The van der Waals surface area contributed by atoms with Crippen molar-refractivity contribution in [2.45, 2.75) is 0 Å². The van der Waals surface area contributed by atoms with Gasteiger partial charge in [-0.15, -0.1) is 0 Å². The van der Waals surface area contributed by atoms with E-state index in [0.717, 1.165) is 6.20 Å². The van der Waals surface area contributed by atoms with Crippen molar-refractivity contribution in [2.75, 3.05) is 5.73 Å². The van der Waals surface area contributed by atoms with Crippen LogP contribution in [-0.4, -0.2) is 16.1 Å². The van der Waals surface area contributed by atoms with E-state index < -0.39 is 11.8 Å². The molecule has 7 heteroatoms. The maximum absolute atomic E-state index is 13.6. The third kappa shape index (κ3) is 2.74. The minimum Gasteiger partial charge on any atom is -0.478 e. The largest absolute Gasteiger partial charge is 0.478 e. The van der Waals surface area contributed by atoms with Gasteiger partial charge in [-0.1, -0.05) is 17.7 Å². The Morgan fingerprint density at radius 3 is 2.84 bits per heavy atom. The number of halogens is 2. The van der Waals surface area contributed by atoms with Crippen molar-refractivity contribution in [2.24, 2.45) is 0 Å². The molecule has 0 spiro atoms. The van der Waals surface area contributed by atoms with E-state index in [1.54, 1.807) is 0 Å². The second-order valence-electron chi connectivity index (χ2n) is 3.58. The average molecular weight is 283 g/mol.